The zero-order valence-corrected chi connectivity index (χ0v) is 25.0. The Balaban J connectivity index is 1.73. The van der Waals surface area contributed by atoms with Gasteiger partial charge in [0, 0.05) is 39.8 Å². The highest BCUT2D eigenvalue weighted by Crippen LogP contribution is 2.56. The predicted octanol–water partition coefficient (Wildman–Crippen LogP) is 8.08. The minimum absolute atomic E-state index is 0.168. The van der Waals surface area contributed by atoms with Gasteiger partial charge in [0.15, 0.2) is 6.20 Å². The van der Waals surface area contributed by atoms with Gasteiger partial charge in [-0.25, -0.2) is 14.5 Å². The van der Waals surface area contributed by atoms with Crippen molar-refractivity contribution in [3.8, 4) is 11.3 Å². The van der Waals surface area contributed by atoms with E-state index in [0.29, 0.717) is 5.95 Å². The summed E-state index contributed by atoms with van der Waals surface area (Å²) in [5, 5.41) is 1.14. The van der Waals surface area contributed by atoms with Crippen LogP contribution in [0.25, 0.3) is 22.2 Å². The maximum absolute atomic E-state index is 6.85. The van der Waals surface area contributed by atoms with Crippen molar-refractivity contribution >= 4 is 28.5 Å². The molecule has 0 fully saturated rings. The number of pyridine rings is 1. The zero-order chi connectivity index (χ0) is 28.5. The van der Waals surface area contributed by atoms with Gasteiger partial charge in [-0.05, 0) is 43.2 Å². The second kappa shape index (κ2) is 9.26. The van der Waals surface area contributed by atoms with Crippen molar-refractivity contribution in [2.45, 2.75) is 72.6 Å². The van der Waals surface area contributed by atoms with Crippen LogP contribution in [0.1, 0.15) is 87.3 Å². The zero-order valence-electron chi connectivity index (χ0n) is 25.0. The average Bonchev–Trinajstić information content (AvgIpc) is 3.29. The fraction of sp³-hybridized carbons (Fsp3) is 0.353. The highest BCUT2D eigenvalue weighted by molar-refractivity contribution is 6.03. The molecule has 2 aromatic carbocycles. The molecule has 0 N–H and O–H groups in total. The van der Waals surface area contributed by atoms with Crippen LogP contribution >= 0.6 is 0 Å². The quantitative estimate of drug-likeness (QED) is 0.219. The van der Waals surface area contributed by atoms with Crippen LogP contribution in [0, 0.1) is 13.8 Å². The SMILES string of the molecule is Cc1ccc(-c2c(C)ccc3oc4c(c23)C(C)(C)c2ccccc2N4c2nc(C(C)C)nc(C(C)C)n2)[n+](C)c1. The normalized spacial score (nSPS) is 14.2. The van der Waals surface area contributed by atoms with Gasteiger partial charge < -0.3 is 4.42 Å². The number of benzene rings is 2. The van der Waals surface area contributed by atoms with Gasteiger partial charge in [0.05, 0.1) is 11.3 Å². The van der Waals surface area contributed by atoms with Gasteiger partial charge in [0.1, 0.15) is 24.3 Å². The molecule has 0 aliphatic carbocycles. The van der Waals surface area contributed by atoms with Crippen LogP contribution in [0.4, 0.5) is 17.5 Å². The number of hydrogen-bond donors (Lipinski definition) is 0. The molecule has 1 aliphatic heterocycles. The Kier molecular flexibility index (Phi) is 6.06. The number of rotatable bonds is 4. The number of aryl methyl sites for hydroxylation is 3. The third kappa shape index (κ3) is 3.92. The molecule has 0 radical (unpaired) electrons. The van der Waals surface area contributed by atoms with Gasteiger partial charge in [0.25, 0.3) is 0 Å². The van der Waals surface area contributed by atoms with Crippen LogP contribution in [-0.4, -0.2) is 15.0 Å². The molecule has 6 heteroatoms. The van der Waals surface area contributed by atoms with Gasteiger partial charge in [-0.3, -0.25) is 0 Å². The molecule has 204 valence electrons. The van der Waals surface area contributed by atoms with E-state index in [9.17, 15) is 0 Å². The second-order valence-corrected chi connectivity index (χ2v) is 12.3. The summed E-state index contributed by atoms with van der Waals surface area (Å²) in [5.74, 6) is 3.29. The molecule has 0 spiro atoms. The lowest BCUT2D eigenvalue weighted by Gasteiger charge is -2.38. The molecule has 0 atom stereocenters. The van der Waals surface area contributed by atoms with Gasteiger partial charge >= 0.3 is 0 Å². The Morgan fingerprint density at radius 1 is 0.850 bits per heavy atom. The van der Waals surface area contributed by atoms with Gasteiger partial charge in [-0.1, -0.05) is 65.8 Å². The number of hydrogen-bond acceptors (Lipinski definition) is 5. The topological polar surface area (TPSA) is 58.9 Å². The molecular weight excluding hydrogens is 494 g/mol. The molecule has 6 nitrogen and oxygen atoms in total. The highest BCUT2D eigenvalue weighted by Gasteiger charge is 2.43. The van der Waals surface area contributed by atoms with E-state index in [-0.39, 0.29) is 17.3 Å². The molecule has 3 aromatic heterocycles. The Bertz CT molecular complexity index is 1750. The Labute approximate surface area is 236 Å². The van der Waals surface area contributed by atoms with Crippen LogP contribution in [0.3, 0.4) is 0 Å². The highest BCUT2D eigenvalue weighted by atomic mass is 16.4. The Hall–Kier alpha value is -4.06. The second-order valence-electron chi connectivity index (χ2n) is 12.3. The van der Waals surface area contributed by atoms with Gasteiger partial charge in [0.2, 0.25) is 17.5 Å². The van der Waals surface area contributed by atoms with E-state index in [1.54, 1.807) is 0 Å². The van der Waals surface area contributed by atoms with Crippen molar-refractivity contribution in [2.24, 2.45) is 7.05 Å². The summed E-state index contributed by atoms with van der Waals surface area (Å²) in [6.45, 7) is 17.4. The lowest BCUT2D eigenvalue weighted by Crippen LogP contribution is -2.32. The summed E-state index contributed by atoms with van der Waals surface area (Å²) in [4.78, 5) is 17.0. The summed E-state index contributed by atoms with van der Waals surface area (Å²) >= 11 is 0. The fourth-order valence-electron chi connectivity index (χ4n) is 6.01. The molecule has 0 amide bonds. The minimum Gasteiger partial charge on any atom is -0.439 e. The first-order valence-corrected chi connectivity index (χ1v) is 14.2. The predicted molar refractivity (Wildman–Crippen MR) is 161 cm³/mol. The van der Waals surface area contributed by atoms with E-state index >= 15 is 0 Å². The van der Waals surface area contributed by atoms with E-state index in [0.717, 1.165) is 45.4 Å². The van der Waals surface area contributed by atoms with Crippen molar-refractivity contribution < 1.29 is 8.98 Å². The van der Waals surface area contributed by atoms with Crippen molar-refractivity contribution in [3.63, 3.8) is 0 Å². The van der Waals surface area contributed by atoms with Crippen molar-refractivity contribution in [1.82, 2.24) is 15.0 Å². The maximum Gasteiger partial charge on any atom is 0.240 e. The molecule has 5 aromatic rings. The molecule has 0 saturated carbocycles. The summed E-state index contributed by atoms with van der Waals surface area (Å²) in [5.41, 5.74) is 8.72. The number of furan rings is 1. The molecular formula is C34H38N5O+. The van der Waals surface area contributed by atoms with Gasteiger partial charge in [-0.15, -0.1) is 0 Å². The first-order chi connectivity index (χ1) is 19.0. The summed E-state index contributed by atoms with van der Waals surface area (Å²) < 4.78 is 9.06. The summed E-state index contributed by atoms with van der Waals surface area (Å²) in [6.07, 6.45) is 2.18. The number of aromatic nitrogens is 4. The average molecular weight is 533 g/mol. The van der Waals surface area contributed by atoms with Crippen LogP contribution in [0.2, 0.25) is 0 Å². The molecule has 40 heavy (non-hydrogen) atoms. The number of fused-ring (bicyclic) bond motifs is 4. The third-order valence-electron chi connectivity index (χ3n) is 8.12. The molecule has 0 saturated heterocycles. The maximum atomic E-state index is 6.85. The smallest absolute Gasteiger partial charge is 0.240 e. The van der Waals surface area contributed by atoms with Crippen LogP contribution in [0.15, 0.2) is 59.1 Å². The lowest BCUT2D eigenvalue weighted by atomic mass is 9.73. The van der Waals surface area contributed by atoms with E-state index in [4.69, 9.17) is 19.4 Å². The largest absolute Gasteiger partial charge is 0.439 e. The van der Waals surface area contributed by atoms with E-state index in [1.165, 1.54) is 22.3 Å². The van der Waals surface area contributed by atoms with E-state index < -0.39 is 0 Å². The van der Waals surface area contributed by atoms with Crippen LogP contribution in [0.5, 0.6) is 0 Å². The van der Waals surface area contributed by atoms with Crippen LogP contribution in [-0.2, 0) is 12.5 Å². The first-order valence-electron chi connectivity index (χ1n) is 14.2. The number of anilines is 3. The summed E-state index contributed by atoms with van der Waals surface area (Å²) in [7, 11) is 2.12. The van der Waals surface area contributed by atoms with Crippen molar-refractivity contribution in [1.29, 1.82) is 0 Å². The summed E-state index contributed by atoms with van der Waals surface area (Å²) in [6, 6.07) is 17.2. The van der Waals surface area contributed by atoms with E-state index in [1.807, 2.05) is 0 Å². The minimum atomic E-state index is -0.325. The monoisotopic (exact) mass is 532 g/mol. The standard InChI is InChI=1S/C34H38N5O/c1-19(2)30-35-31(20(3)4)37-33(36-30)39-24-13-11-10-12-23(24)34(7,8)29-28-26(40-32(29)39)17-15-22(6)27(28)25-16-14-21(5)18-38(25)9/h10-20H,1-9H3/q+1. The molecule has 1 aliphatic rings. The molecule has 0 bridgehead atoms. The Morgan fingerprint density at radius 2 is 1.52 bits per heavy atom. The number of para-hydroxylation sites is 1. The lowest BCUT2D eigenvalue weighted by molar-refractivity contribution is -0.660. The number of nitrogens with zero attached hydrogens (tertiary/aromatic N) is 5. The van der Waals surface area contributed by atoms with Crippen molar-refractivity contribution in [2.75, 3.05) is 4.90 Å². The fourth-order valence-corrected chi connectivity index (χ4v) is 6.01. The molecule has 0 unspecified atom stereocenters. The van der Waals surface area contributed by atoms with Gasteiger partial charge in [-0.2, -0.15) is 9.97 Å². The molecule has 6 rings (SSSR count). The van der Waals surface area contributed by atoms with E-state index in [2.05, 4.69) is 127 Å². The molecule has 4 heterocycles. The van der Waals surface area contributed by atoms with Crippen LogP contribution < -0.4 is 9.47 Å². The third-order valence-corrected chi connectivity index (χ3v) is 8.12. The Morgan fingerprint density at radius 3 is 2.17 bits per heavy atom. The first kappa shape index (κ1) is 26.2. The van der Waals surface area contributed by atoms with Crippen molar-refractivity contribution in [3.05, 3.63) is 88.6 Å².